The lowest BCUT2D eigenvalue weighted by Gasteiger charge is -2.07. The summed E-state index contributed by atoms with van der Waals surface area (Å²) >= 11 is 0. The van der Waals surface area contributed by atoms with Crippen LogP contribution in [0.1, 0.15) is 30.0 Å². The first-order valence-electron chi connectivity index (χ1n) is 9.48. The van der Waals surface area contributed by atoms with Gasteiger partial charge in [0.15, 0.2) is 0 Å². The zero-order chi connectivity index (χ0) is 22.1. The molecule has 0 spiro atoms. The summed E-state index contributed by atoms with van der Waals surface area (Å²) in [4.78, 5) is 11.3. The molecule has 4 rings (SSSR count). The summed E-state index contributed by atoms with van der Waals surface area (Å²) in [6.07, 6.45) is 1.40. The highest BCUT2D eigenvalue weighted by atomic mass is 19.1. The number of hydrogen-bond acceptors (Lipinski definition) is 2. The van der Waals surface area contributed by atoms with Gasteiger partial charge in [-0.25, -0.2) is 13.2 Å². The maximum Gasteiger partial charge on any atom is 0.307 e. The molecular weight excluding hydrogens is 405 g/mol. The minimum absolute atomic E-state index is 0.129. The average Bonchev–Trinajstić information content (AvgIpc) is 2.96. The summed E-state index contributed by atoms with van der Waals surface area (Å²) in [5.74, 6) is -1.93. The van der Waals surface area contributed by atoms with Crippen LogP contribution in [0.2, 0.25) is 0 Å². The van der Waals surface area contributed by atoms with Crippen LogP contribution >= 0.6 is 0 Å². The Balaban J connectivity index is 1.68. The molecule has 1 N–H and O–H groups in total. The van der Waals surface area contributed by atoms with Crippen LogP contribution in [0.4, 0.5) is 13.2 Å². The van der Waals surface area contributed by atoms with Gasteiger partial charge in [-0.2, -0.15) is 0 Å². The van der Waals surface area contributed by atoms with Crippen molar-refractivity contribution in [1.82, 2.24) is 0 Å². The second-order valence-electron chi connectivity index (χ2n) is 7.17. The maximum absolute atomic E-state index is 14.5. The van der Waals surface area contributed by atoms with Crippen LogP contribution in [0.15, 0.2) is 66.2 Å². The molecule has 0 radical (unpaired) electrons. The summed E-state index contributed by atoms with van der Waals surface area (Å²) in [7, 11) is 0. The molecule has 3 nitrogen and oxygen atoms in total. The molecule has 0 bridgehead atoms. The molecule has 3 aromatic carbocycles. The van der Waals surface area contributed by atoms with Crippen molar-refractivity contribution in [3.05, 3.63) is 100 Å². The number of rotatable bonds is 5. The lowest BCUT2D eigenvalue weighted by atomic mass is 10.00. The van der Waals surface area contributed by atoms with Gasteiger partial charge in [-0.3, -0.25) is 4.79 Å². The van der Waals surface area contributed by atoms with Crippen molar-refractivity contribution in [2.75, 3.05) is 0 Å². The Labute approximate surface area is 176 Å². The first kappa shape index (κ1) is 20.5. The fourth-order valence-electron chi connectivity index (χ4n) is 3.64. The first-order valence-corrected chi connectivity index (χ1v) is 9.48. The Hall–Kier alpha value is -3.80. The molecule has 3 aromatic rings. The van der Waals surface area contributed by atoms with Gasteiger partial charge >= 0.3 is 5.97 Å². The summed E-state index contributed by atoms with van der Waals surface area (Å²) in [5.41, 5.74) is 2.70. The summed E-state index contributed by atoms with van der Waals surface area (Å²) in [6.45, 7) is 1.70. The van der Waals surface area contributed by atoms with Crippen LogP contribution in [0.5, 0.6) is 11.5 Å². The molecule has 0 saturated carbocycles. The van der Waals surface area contributed by atoms with Crippen molar-refractivity contribution >= 4 is 23.2 Å². The topological polar surface area (TPSA) is 46.5 Å². The number of benzene rings is 3. The fraction of sp³-hybridized carbons (Fsp3) is 0.0800. The second-order valence-corrected chi connectivity index (χ2v) is 7.17. The van der Waals surface area contributed by atoms with E-state index in [-0.39, 0.29) is 17.8 Å². The number of halogens is 3. The van der Waals surface area contributed by atoms with Gasteiger partial charge in [-0.05, 0) is 83.3 Å². The maximum atomic E-state index is 14.5. The highest BCUT2D eigenvalue weighted by molar-refractivity contribution is 6.07. The average molecular weight is 422 g/mol. The van der Waals surface area contributed by atoms with Gasteiger partial charge in [0.2, 0.25) is 0 Å². The molecule has 0 fully saturated rings. The molecule has 0 aromatic heterocycles. The van der Waals surface area contributed by atoms with Gasteiger partial charge in [-0.1, -0.05) is 12.1 Å². The Morgan fingerprint density at radius 3 is 2.16 bits per heavy atom. The molecule has 6 heteroatoms. The SMILES string of the molecule is CC1=C(CC(=O)O)c2c(F)cc(F)cc2/C1=C\c1ccc(Oc2ccc(F)cc2)cc1. The van der Waals surface area contributed by atoms with E-state index in [0.29, 0.717) is 33.8 Å². The van der Waals surface area contributed by atoms with Crippen molar-refractivity contribution in [3.8, 4) is 11.5 Å². The standard InChI is InChI=1S/C25H17F3O3/c1-14-20(22-11-17(27)12-23(28)25(22)21(14)13-24(29)30)10-15-2-6-18(7-3-15)31-19-8-4-16(26)5-9-19/h2-12H,13H2,1H3,(H,29,30)/b20-10-. The molecule has 1 aliphatic rings. The zero-order valence-corrected chi connectivity index (χ0v) is 16.5. The van der Waals surface area contributed by atoms with Crippen LogP contribution in [0.3, 0.4) is 0 Å². The van der Waals surface area contributed by atoms with Crippen molar-refractivity contribution in [3.63, 3.8) is 0 Å². The molecule has 156 valence electrons. The predicted molar refractivity (Wildman–Crippen MR) is 112 cm³/mol. The Morgan fingerprint density at radius 1 is 0.935 bits per heavy atom. The molecule has 1 aliphatic carbocycles. The van der Waals surface area contributed by atoms with Crippen molar-refractivity contribution < 1.29 is 27.8 Å². The third-order valence-electron chi connectivity index (χ3n) is 5.07. The van der Waals surface area contributed by atoms with Gasteiger partial charge in [-0.15, -0.1) is 0 Å². The van der Waals surface area contributed by atoms with Crippen LogP contribution in [0, 0.1) is 17.5 Å². The van der Waals surface area contributed by atoms with E-state index in [2.05, 4.69) is 0 Å². The third kappa shape index (κ3) is 4.23. The van der Waals surface area contributed by atoms with E-state index in [4.69, 9.17) is 4.74 Å². The first-order chi connectivity index (χ1) is 14.8. The van der Waals surface area contributed by atoms with Gasteiger partial charge in [0.1, 0.15) is 29.0 Å². The molecule has 31 heavy (non-hydrogen) atoms. The van der Waals surface area contributed by atoms with E-state index >= 15 is 0 Å². The minimum atomic E-state index is -1.09. The number of aliphatic carboxylic acids is 1. The predicted octanol–water partition coefficient (Wildman–Crippen LogP) is 6.70. The highest BCUT2D eigenvalue weighted by Crippen LogP contribution is 2.45. The zero-order valence-electron chi connectivity index (χ0n) is 16.5. The monoisotopic (exact) mass is 422 g/mol. The Morgan fingerprint density at radius 2 is 1.55 bits per heavy atom. The molecule has 0 atom stereocenters. The number of allylic oxidation sites excluding steroid dienone is 2. The number of hydrogen-bond donors (Lipinski definition) is 1. The van der Waals surface area contributed by atoms with E-state index in [0.717, 1.165) is 11.6 Å². The lowest BCUT2D eigenvalue weighted by molar-refractivity contribution is -0.135. The van der Waals surface area contributed by atoms with Crippen LogP contribution in [0.25, 0.3) is 17.2 Å². The van der Waals surface area contributed by atoms with Crippen LogP contribution in [-0.4, -0.2) is 11.1 Å². The third-order valence-corrected chi connectivity index (χ3v) is 5.07. The van der Waals surface area contributed by atoms with Gasteiger partial charge < -0.3 is 9.84 Å². The number of ether oxygens (including phenoxy) is 1. The van der Waals surface area contributed by atoms with E-state index in [1.54, 1.807) is 37.3 Å². The van der Waals surface area contributed by atoms with Crippen LogP contribution < -0.4 is 4.74 Å². The Kier molecular flexibility index (Phi) is 5.38. The van der Waals surface area contributed by atoms with Crippen LogP contribution in [-0.2, 0) is 4.79 Å². The van der Waals surface area contributed by atoms with Gasteiger partial charge in [0, 0.05) is 11.6 Å². The van der Waals surface area contributed by atoms with E-state index in [9.17, 15) is 23.1 Å². The number of fused-ring (bicyclic) bond motifs is 1. The van der Waals surface area contributed by atoms with Gasteiger partial charge in [0.05, 0.1) is 6.42 Å². The number of carbonyl (C=O) groups is 1. The fourth-order valence-corrected chi connectivity index (χ4v) is 3.64. The number of carboxylic acid groups (broad SMARTS) is 1. The highest BCUT2D eigenvalue weighted by Gasteiger charge is 2.28. The Bertz CT molecular complexity index is 1220. The summed E-state index contributed by atoms with van der Waals surface area (Å²) < 4.78 is 47.1. The van der Waals surface area contributed by atoms with Gasteiger partial charge in [0.25, 0.3) is 0 Å². The quantitative estimate of drug-likeness (QED) is 0.498. The molecule has 0 saturated heterocycles. The van der Waals surface area contributed by atoms with E-state index in [1.165, 1.54) is 30.3 Å². The molecule has 0 unspecified atom stereocenters. The van der Waals surface area contributed by atoms with E-state index in [1.807, 2.05) is 0 Å². The molecular formula is C25H17F3O3. The van der Waals surface area contributed by atoms with Crippen molar-refractivity contribution in [1.29, 1.82) is 0 Å². The molecule has 0 amide bonds. The molecule has 0 aliphatic heterocycles. The normalized spacial score (nSPS) is 14.1. The van der Waals surface area contributed by atoms with E-state index < -0.39 is 17.6 Å². The van der Waals surface area contributed by atoms with Crippen molar-refractivity contribution in [2.24, 2.45) is 0 Å². The number of carboxylic acids is 1. The largest absolute Gasteiger partial charge is 0.481 e. The molecule has 0 heterocycles. The lowest BCUT2D eigenvalue weighted by Crippen LogP contribution is -1.99. The summed E-state index contributed by atoms with van der Waals surface area (Å²) in [6, 6.07) is 14.6. The van der Waals surface area contributed by atoms with Crippen molar-refractivity contribution in [2.45, 2.75) is 13.3 Å². The smallest absolute Gasteiger partial charge is 0.307 e. The minimum Gasteiger partial charge on any atom is -0.481 e. The summed E-state index contributed by atoms with van der Waals surface area (Å²) in [5, 5.41) is 9.22. The second kappa shape index (κ2) is 8.14.